The topological polar surface area (TPSA) is 95.0 Å². The van der Waals surface area contributed by atoms with Gasteiger partial charge in [0.2, 0.25) is 5.91 Å². The zero-order valence-corrected chi connectivity index (χ0v) is 15.3. The molecule has 1 aromatic heterocycles. The SMILES string of the molecule is O=C(O)c1csc(S(=O)(=O)N2CCN(C(=O)CC3C=CCC3)CC2)c1. The molecule has 0 spiro atoms. The number of rotatable bonds is 5. The average Bonchev–Trinajstić information content (AvgIpc) is 3.26. The van der Waals surface area contributed by atoms with Gasteiger partial charge in [0.1, 0.15) is 4.21 Å². The number of aromatic carboxylic acids is 1. The fourth-order valence-corrected chi connectivity index (χ4v) is 5.82. The van der Waals surface area contributed by atoms with E-state index in [0.717, 1.165) is 24.2 Å². The first-order chi connectivity index (χ1) is 11.9. The van der Waals surface area contributed by atoms with Crippen molar-refractivity contribution in [1.82, 2.24) is 9.21 Å². The van der Waals surface area contributed by atoms with Gasteiger partial charge in [0.25, 0.3) is 10.0 Å². The summed E-state index contributed by atoms with van der Waals surface area (Å²) in [6.45, 7) is 1.20. The second-order valence-electron chi connectivity index (χ2n) is 6.21. The Labute approximate surface area is 150 Å². The zero-order chi connectivity index (χ0) is 18.0. The molecule has 1 saturated heterocycles. The Morgan fingerprint density at radius 3 is 2.52 bits per heavy atom. The smallest absolute Gasteiger partial charge is 0.336 e. The molecule has 2 aliphatic rings. The molecular formula is C16H20N2O5S2. The lowest BCUT2D eigenvalue weighted by Gasteiger charge is -2.34. The van der Waals surface area contributed by atoms with Crippen molar-refractivity contribution in [3.63, 3.8) is 0 Å². The molecule has 25 heavy (non-hydrogen) atoms. The molecule has 1 atom stereocenters. The maximum atomic E-state index is 12.6. The van der Waals surface area contributed by atoms with E-state index in [0.29, 0.717) is 25.4 Å². The molecule has 1 unspecified atom stereocenters. The fourth-order valence-electron chi connectivity index (χ4n) is 3.09. The molecule has 0 bridgehead atoms. The van der Waals surface area contributed by atoms with E-state index in [9.17, 15) is 18.0 Å². The Bertz CT molecular complexity index is 791. The Hall–Kier alpha value is -1.71. The molecular weight excluding hydrogens is 364 g/mol. The van der Waals surface area contributed by atoms with Gasteiger partial charge in [-0.3, -0.25) is 4.79 Å². The minimum Gasteiger partial charge on any atom is -0.478 e. The van der Waals surface area contributed by atoms with Crippen LogP contribution in [0.1, 0.15) is 29.6 Å². The number of thiophene rings is 1. The molecule has 0 radical (unpaired) electrons. The third-order valence-electron chi connectivity index (χ3n) is 4.56. The van der Waals surface area contributed by atoms with Crippen LogP contribution in [0.3, 0.4) is 0 Å². The summed E-state index contributed by atoms with van der Waals surface area (Å²) in [7, 11) is -3.71. The third kappa shape index (κ3) is 3.94. The Balaban J connectivity index is 1.59. The number of carboxylic acids is 1. The quantitative estimate of drug-likeness (QED) is 0.779. The van der Waals surface area contributed by atoms with Crippen LogP contribution in [0.4, 0.5) is 0 Å². The van der Waals surface area contributed by atoms with Crippen LogP contribution in [-0.2, 0) is 14.8 Å². The van der Waals surface area contributed by atoms with Crippen molar-refractivity contribution in [2.75, 3.05) is 26.2 Å². The highest BCUT2D eigenvalue weighted by atomic mass is 32.2. The summed E-state index contributed by atoms with van der Waals surface area (Å²) in [5.41, 5.74) is -0.0259. The highest BCUT2D eigenvalue weighted by Crippen LogP contribution is 2.26. The number of hydrogen-bond acceptors (Lipinski definition) is 5. The summed E-state index contributed by atoms with van der Waals surface area (Å²) in [4.78, 5) is 25.0. The number of piperazine rings is 1. The Morgan fingerprint density at radius 2 is 1.96 bits per heavy atom. The molecule has 1 N–H and O–H groups in total. The minimum atomic E-state index is -3.71. The normalized spacial score (nSPS) is 21.6. The molecule has 136 valence electrons. The van der Waals surface area contributed by atoms with Crippen LogP contribution in [-0.4, -0.2) is 60.8 Å². The van der Waals surface area contributed by atoms with E-state index >= 15 is 0 Å². The summed E-state index contributed by atoms with van der Waals surface area (Å²) < 4.78 is 26.6. The molecule has 1 aliphatic heterocycles. The molecule has 1 fully saturated rings. The van der Waals surface area contributed by atoms with Gasteiger partial charge in [-0.05, 0) is 24.8 Å². The van der Waals surface area contributed by atoms with Gasteiger partial charge in [-0.1, -0.05) is 12.2 Å². The van der Waals surface area contributed by atoms with Gasteiger partial charge >= 0.3 is 5.97 Å². The molecule has 3 rings (SSSR count). The van der Waals surface area contributed by atoms with Crippen LogP contribution in [0.25, 0.3) is 0 Å². The predicted molar refractivity (Wildman–Crippen MR) is 93.1 cm³/mol. The van der Waals surface area contributed by atoms with Crippen molar-refractivity contribution in [1.29, 1.82) is 0 Å². The lowest BCUT2D eigenvalue weighted by Crippen LogP contribution is -2.50. The maximum Gasteiger partial charge on any atom is 0.336 e. The van der Waals surface area contributed by atoms with Gasteiger partial charge in [-0.15, -0.1) is 11.3 Å². The number of carbonyl (C=O) groups is 2. The Kier molecular flexibility index (Phi) is 5.26. The van der Waals surface area contributed by atoms with Crippen molar-refractivity contribution in [3.8, 4) is 0 Å². The molecule has 1 amide bonds. The highest BCUT2D eigenvalue weighted by molar-refractivity contribution is 7.91. The average molecular weight is 384 g/mol. The van der Waals surface area contributed by atoms with E-state index in [4.69, 9.17) is 5.11 Å². The van der Waals surface area contributed by atoms with Crippen LogP contribution >= 0.6 is 11.3 Å². The first-order valence-corrected chi connectivity index (χ1v) is 10.5. The van der Waals surface area contributed by atoms with Gasteiger partial charge in [0.05, 0.1) is 5.56 Å². The highest BCUT2D eigenvalue weighted by Gasteiger charge is 2.32. The molecule has 1 aliphatic carbocycles. The predicted octanol–water partition coefficient (Wildman–Crippen LogP) is 1.64. The largest absolute Gasteiger partial charge is 0.478 e. The van der Waals surface area contributed by atoms with E-state index in [2.05, 4.69) is 12.2 Å². The third-order valence-corrected chi connectivity index (χ3v) is 7.87. The number of hydrogen-bond donors (Lipinski definition) is 1. The van der Waals surface area contributed by atoms with Crippen LogP contribution < -0.4 is 0 Å². The summed E-state index contributed by atoms with van der Waals surface area (Å²) in [6, 6.07) is 1.19. The lowest BCUT2D eigenvalue weighted by atomic mass is 10.0. The molecule has 9 heteroatoms. The van der Waals surface area contributed by atoms with Crippen molar-refractivity contribution in [2.45, 2.75) is 23.5 Å². The van der Waals surface area contributed by atoms with Crippen LogP contribution in [0.15, 0.2) is 27.8 Å². The monoisotopic (exact) mass is 384 g/mol. The number of nitrogens with zero attached hydrogens (tertiary/aromatic N) is 2. The van der Waals surface area contributed by atoms with Gasteiger partial charge in [0.15, 0.2) is 0 Å². The summed E-state index contributed by atoms with van der Waals surface area (Å²) in [5.74, 6) is -0.776. The van der Waals surface area contributed by atoms with E-state index in [1.165, 1.54) is 15.8 Å². The Morgan fingerprint density at radius 1 is 1.24 bits per heavy atom. The second kappa shape index (κ2) is 7.27. The summed E-state index contributed by atoms with van der Waals surface area (Å²) in [5, 5.41) is 10.3. The number of amides is 1. The number of carboxylic acid groups (broad SMARTS) is 1. The van der Waals surface area contributed by atoms with Gasteiger partial charge < -0.3 is 10.0 Å². The second-order valence-corrected chi connectivity index (χ2v) is 9.29. The summed E-state index contributed by atoms with van der Waals surface area (Å²) in [6.07, 6.45) is 6.67. The molecule has 0 saturated carbocycles. The maximum absolute atomic E-state index is 12.6. The molecule has 0 aromatic carbocycles. The molecule has 1 aromatic rings. The van der Waals surface area contributed by atoms with Crippen LogP contribution in [0.5, 0.6) is 0 Å². The van der Waals surface area contributed by atoms with Crippen LogP contribution in [0.2, 0.25) is 0 Å². The number of carbonyl (C=O) groups excluding carboxylic acids is 1. The van der Waals surface area contributed by atoms with Crippen molar-refractivity contribution in [2.24, 2.45) is 5.92 Å². The standard InChI is InChI=1S/C16H20N2O5S2/c19-14(9-12-3-1-2-4-12)17-5-7-18(8-6-17)25(22,23)15-10-13(11-24-15)16(20)21/h1,3,10-12H,2,4-9H2,(H,20,21). The minimum absolute atomic E-state index is 0.0259. The lowest BCUT2D eigenvalue weighted by molar-refractivity contribution is -0.133. The van der Waals surface area contributed by atoms with Crippen molar-refractivity contribution in [3.05, 3.63) is 29.2 Å². The molecule has 7 nitrogen and oxygen atoms in total. The van der Waals surface area contributed by atoms with Crippen molar-refractivity contribution >= 4 is 33.2 Å². The zero-order valence-electron chi connectivity index (χ0n) is 13.6. The van der Waals surface area contributed by atoms with E-state index in [-0.39, 0.29) is 28.8 Å². The molecule has 2 heterocycles. The van der Waals surface area contributed by atoms with E-state index in [1.807, 2.05) is 0 Å². The van der Waals surface area contributed by atoms with Crippen LogP contribution in [0, 0.1) is 5.92 Å². The number of allylic oxidation sites excluding steroid dienone is 2. The van der Waals surface area contributed by atoms with E-state index in [1.54, 1.807) is 4.90 Å². The number of sulfonamides is 1. The van der Waals surface area contributed by atoms with E-state index < -0.39 is 16.0 Å². The van der Waals surface area contributed by atoms with Gasteiger partial charge in [0, 0.05) is 38.0 Å². The first-order valence-electron chi connectivity index (χ1n) is 8.14. The summed E-state index contributed by atoms with van der Waals surface area (Å²) >= 11 is 0.908. The van der Waals surface area contributed by atoms with Gasteiger partial charge in [-0.25, -0.2) is 13.2 Å². The first kappa shape index (κ1) is 18.1. The van der Waals surface area contributed by atoms with Gasteiger partial charge in [-0.2, -0.15) is 4.31 Å². The van der Waals surface area contributed by atoms with Crippen molar-refractivity contribution < 1.29 is 23.1 Å². The fraction of sp³-hybridized carbons (Fsp3) is 0.500.